The van der Waals surface area contributed by atoms with E-state index in [1.165, 1.54) is 0 Å². The van der Waals surface area contributed by atoms with Crippen molar-refractivity contribution >= 4 is 44.5 Å². The molecule has 0 atom stereocenters. The van der Waals surface area contributed by atoms with E-state index in [1.807, 2.05) is 0 Å². The van der Waals surface area contributed by atoms with Crippen molar-refractivity contribution in [1.82, 2.24) is 0 Å². The Balaban J connectivity index is 4.66. The first-order chi connectivity index (χ1) is 7.68. The van der Waals surface area contributed by atoms with Crippen LogP contribution in [0.3, 0.4) is 0 Å². The lowest BCUT2D eigenvalue weighted by Gasteiger charge is -2.39. The predicted octanol–water partition coefficient (Wildman–Crippen LogP) is 2.27. The van der Waals surface area contributed by atoms with Gasteiger partial charge in [0.1, 0.15) is 10.5 Å². The standard InChI is InChI=1S/C9H30O4Si5/c1-15(2,3)11-17(6,7)13-18(8,9)12-16(4,5)10-14/h1-9,14H3. The van der Waals surface area contributed by atoms with Gasteiger partial charge in [0.15, 0.2) is 8.32 Å². The van der Waals surface area contributed by atoms with Gasteiger partial charge in [-0.1, -0.05) is 0 Å². The largest absolute Gasteiger partial charge is 0.445 e. The first-order valence-corrected chi connectivity index (χ1v) is 19.0. The number of rotatable bonds is 7. The lowest BCUT2D eigenvalue weighted by molar-refractivity contribution is 0.305. The van der Waals surface area contributed by atoms with Crippen LogP contribution in [-0.2, 0) is 16.5 Å². The van der Waals surface area contributed by atoms with Crippen LogP contribution in [-0.4, -0.2) is 44.5 Å². The van der Waals surface area contributed by atoms with E-state index in [-0.39, 0.29) is 0 Å². The summed E-state index contributed by atoms with van der Waals surface area (Å²) < 4.78 is 24.2. The van der Waals surface area contributed by atoms with Crippen molar-refractivity contribution in [3.63, 3.8) is 0 Å². The molecule has 9 heteroatoms. The van der Waals surface area contributed by atoms with Gasteiger partial charge >= 0.3 is 25.7 Å². The maximum atomic E-state index is 6.28. The first-order valence-electron chi connectivity index (χ1n) is 6.34. The highest BCUT2D eigenvalue weighted by molar-refractivity contribution is 6.88. The molecule has 0 bridgehead atoms. The van der Waals surface area contributed by atoms with Gasteiger partial charge in [0, 0.05) is 0 Å². The monoisotopic (exact) mass is 342 g/mol. The molecule has 0 aromatic carbocycles. The molecule has 0 amide bonds. The van der Waals surface area contributed by atoms with E-state index in [4.69, 9.17) is 16.5 Å². The summed E-state index contributed by atoms with van der Waals surface area (Å²) in [6, 6.07) is 0. The fraction of sp³-hybridized carbons (Fsp3) is 1.00. The van der Waals surface area contributed by atoms with Gasteiger partial charge in [-0.2, -0.15) is 0 Å². The van der Waals surface area contributed by atoms with Gasteiger partial charge in [-0.15, -0.1) is 0 Å². The molecule has 0 unspecified atom stereocenters. The van der Waals surface area contributed by atoms with Crippen molar-refractivity contribution in [3.8, 4) is 0 Å². The van der Waals surface area contributed by atoms with Gasteiger partial charge in [-0.05, 0) is 58.9 Å². The van der Waals surface area contributed by atoms with Crippen molar-refractivity contribution < 1.29 is 16.5 Å². The SMILES string of the molecule is C[Si](C)(C)O[Si](C)(C)O[Si](C)(C)O[Si](C)(C)O[SiH3]. The van der Waals surface area contributed by atoms with Crippen molar-refractivity contribution in [2.75, 3.05) is 0 Å². The topological polar surface area (TPSA) is 36.9 Å². The van der Waals surface area contributed by atoms with Crippen molar-refractivity contribution in [1.29, 1.82) is 0 Å². The summed E-state index contributed by atoms with van der Waals surface area (Å²) in [7, 11) is -7.13. The molecule has 0 aliphatic rings. The van der Waals surface area contributed by atoms with Crippen LogP contribution in [0, 0.1) is 0 Å². The second-order valence-corrected chi connectivity index (χ2v) is 23.5. The van der Waals surface area contributed by atoms with Crippen LogP contribution in [0.1, 0.15) is 0 Å². The van der Waals surface area contributed by atoms with Gasteiger partial charge in [0.2, 0.25) is 0 Å². The van der Waals surface area contributed by atoms with Gasteiger partial charge < -0.3 is 16.5 Å². The zero-order chi connectivity index (χ0) is 14.8. The van der Waals surface area contributed by atoms with E-state index >= 15 is 0 Å². The minimum absolute atomic E-state index is 0.716. The third-order valence-electron chi connectivity index (χ3n) is 2.03. The molecule has 0 aromatic heterocycles. The maximum absolute atomic E-state index is 6.28. The zero-order valence-electron chi connectivity index (χ0n) is 13.6. The third kappa shape index (κ3) is 8.93. The summed E-state index contributed by atoms with van der Waals surface area (Å²) in [5.41, 5.74) is 0. The second-order valence-electron chi connectivity index (χ2n) is 6.82. The lowest BCUT2D eigenvalue weighted by Crippen LogP contribution is -2.56. The Kier molecular flexibility index (Phi) is 6.45. The molecule has 110 valence electrons. The summed E-state index contributed by atoms with van der Waals surface area (Å²) in [5.74, 6) is 0. The second kappa shape index (κ2) is 6.14. The molecule has 0 N–H and O–H groups in total. The molecule has 0 aliphatic heterocycles. The van der Waals surface area contributed by atoms with Crippen LogP contribution < -0.4 is 0 Å². The Labute approximate surface area is 120 Å². The van der Waals surface area contributed by atoms with Crippen molar-refractivity contribution in [3.05, 3.63) is 0 Å². The molecule has 0 heterocycles. The van der Waals surface area contributed by atoms with E-state index in [9.17, 15) is 0 Å². The zero-order valence-corrected chi connectivity index (χ0v) is 19.6. The van der Waals surface area contributed by atoms with Crippen LogP contribution in [0.5, 0.6) is 0 Å². The predicted molar refractivity (Wildman–Crippen MR) is 90.1 cm³/mol. The highest BCUT2D eigenvalue weighted by atomic mass is 28.5. The molecule has 0 rings (SSSR count). The molecule has 0 aromatic rings. The molecule has 0 saturated carbocycles. The highest BCUT2D eigenvalue weighted by Crippen LogP contribution is 2.23. The molecular weight excluding hydrogens is 313 g/mol. The van der Waals surface area contributed by atoms with Gasteiger partial charge in [-0.3, -0.25) is 0 Å². The van der Waals surface area contributed by atoms with Gasteiger partial charge in [0.25, 0.3) is 0 Å². The van der Waals surface area contributed by atoms with E-state index in [2.05, 4.69) is 58.9 Å². The Hall–Kier alpha value is 0.924. The first kappa shape index (κ1) is 18.9. The van der Waals surface area contributed by atoms with Crippen LogP contribution in [0.4, 0.5) is 0 Å². The van der Waals surface area contributed by atoms with Crippen molar-refractivity contribution in [2.45, 2.75) is 58.9 Å². The Morgan fingerprint density at radius 2 is 0.889 bits per heavy atom. The molecule has 0 spiro atoms. The fourth-order valence-corrected chi connectivity index (χ4v) is 19.5. The molecule has 0 fully saturated rings. The van der Waals surface area contributed by atoms with Crippen LogP contribution >= 0.6 is 0 Å². The Bertz CT molecular complexity index is 275. The van der Waals surface area contributed by atoms with Crippen molar-refractivity contribution in [2.24, 2.45) is 0 Å². The third-order valence-corrected chi connectivity index (χ3v) is 18.2. The summed E-state index contributed by atoms with van der Waals surface area (Å²) in [6.07, 6.45) is 0. The quantitative estimate of drug-likeness (QED) is 0.665. The maximum Gasteiger partial charge on any atom is 0.314 e. The summed E-state index contributed by atoms with van der Waals surface area (Å²) in [6.45, 7) is 19.1. The average molecular weight is 343 g/mol. The van der Waals surface area contributed by atoms with Crippen LogP contribution in [0.2, 0.25) is 58.9 Å². The summed E-state index contributed by atoms with van der Waals surface area (Å²) >= 11 is 0. The van der Waals surface area contributed by atoms with Gasteiger partial charge in [0.05, 0.1) is 0 Å². The van der Waals surface area contributed by atoms with E-state index in [0.29, 0.717) is 10.5 Å². The lowest BCUT2D eigenvalue weighted by atomic mass is 11.8. The van der Waals surface area contributed by atoms with Crippen LogP contribution in [0.25, 0.3) is 0 Å². The average Bonchev–Trinajstić information content (AvgIpc) is 1.93. The van der Waals surface area contributed by atoms with E-state index < -0.39 is 34.0 Å². The Morgan fingerprint density at radius 1 is 0.556 bits per heavy atom. The van der Waals surface area contributed by atoms with Crippen LogP contribution in [0.15, 0.2) is 0 Å². The minimum Gasteiger partial charge on any atom is -0.445 e. The molecule has 0 saturated heterocycles. The Morgan fingerprint density at radius 3 is 1.22 bits per heavy atom. The van der Waals surface area contributed by atoms with E-state index in [0.717, 1.165) is 0 Å². The molecule has 0 aliphatic carbocycles. The van der Waals surface area contributed by atoms with Gasteiger partial charge in [-0.25, -0.2) is 0 Å². The number of hydrogen-bond acceptors (Lipinski definition) is 4. The normalized spacial score (nSPS) is 15.2. The molecule has 0 radical (unpaired) electrons. The smallest absolute Gasteiger partial charge is 0.314 e. The molecular formula is C9H30O4Si5. The molecule has 18 heavy (non-hydrogen) atoms. The summed E-state index contributed by atoms with van der Waals surface area (Å²) in [5, 5.41) is 0. The highest BCUT2D eigenvalue weighted by Gasteiger charge is 2.42. The summed E-state index contributed by atoms with van der Waals surface area (Å²) in [4.78, 5) is 0. The fourth-order valence-electron chi connectivity index (χ4n) is 2.00. The van der Waals surface area contributed by atoms with E-state index in [1.54, 1.807) is 0 Å². The molecule has 4 nitrogen and oxygen atoms in total. The number of hydrogen-bond donors (Lipinski definition) is 0. The minimum atomic E-state index is -2.18.